The topological polar surface area (TPSA) is 94.6 Å². The predicted octanol–water partition coefficient (Wildman–Crippen LogP) is 3.36. The molecular weight excluding hydrogens is 400 g/mol. The molecule has 0 spiro atoms. The van der Waals surface area contributed by atoms with E-state index < -0.39 is 10.0 Å². The zero-order chi connectivity index (χ0) is 19.3. The van der Waals surface area contributed by atoms with Crippen LogP contribution < -0.4 is 15.2 Å². The standard InChI is InChI=1S/C20H22N2O4S.ClH/c1-25-17-4-2-3-16(13-17)20-10-7-18(26-20)14-22-12-11-15-5-8-19(9-6-15)27(21,23)24;/h2-10,13,22H,11-12,14H2,1H3,(H2,21,23,24);1H. The van der Waals surface area contributed by atoms with Crippen LogP contribution in [0.2, 0.25) is 0 Å². The molecule has 8 heteroatoms. The van der Waals surface area contributed by atoms with Gasteiger partial charge in [-0.3, -0.25) is 0 Å². The van der Waals surface area contributed by atoms with Crippen LogP contribution in [0.25, 0.3) is 11.3 Å². The Morgan fingerprint density at radius 2 is 1.82 bits per heavy atom. The molecule has 0 bridgehead atoms. The molecule has 28 heavy (non-hydrogen) atoms. The molecular formula is C20H23ClN2O4S. The Kier molecular flexibility index (Phi) is 7.65. The molecule has 0 fully saturated rings. The first-order valence-corrected chi connectivity index (χ1v) is 10.1. The summed E-state index contributed by atoms with van der Waals surface area (Å²) in [5.41, 5.74) is 2.00. The van der Waals surface area contributed by atoms with E-state index >= 15 is 0 Å². The number of nitrogens with one attached hydrogen (secondary N) is 1. The summed E-state index contributed by atoms with van der Waals surface area (Å²) in [5, 5.41) is 8.42. The van der Waals surface area contributed by atoms with Crippen molar-refractivity contribution in [3.8, 4) is 17.1 Å². The van der Waals surface area contributed by atoms with Crippen LogP contribution in [0.1, 0.15) is 11.3 Å². The van der Waals surface area contributed by atoms with Crippen LogP contribution in [0.5, 0.6) is 5.75 Å². The van der Waals surface area contributed by atoms with Crippen LogP contribution in [0.15, 0.2) is 70.0 Å². The Labute approximate surface area is 171 Å². The number of hydrogen-bond acceptors (Lipinski definition) is 5. The zero-order valence-electron chi connectivity index (χ0n) is 15.4. The quantitative estimate of drug-likeness (QED) is 0.543. The molecule has 0 aliphatic heterocycles. The normalized spacial score (nSPS) is 11.1. The van der Waals surface area contributed by atoms with Gasteiger partial charge in [-0.2, -0.15) is 0 Å². The molecule has 3 rings (SSSR count). The Hall–Kier alpha value is -2.32. The second kappa shape index (κ2) is 9.75. The summed E-state index contributed by atoms with van der Waals surface area (Å²) in [7, 11) is -2.00. The van der Waals surface area contributed by atoms with E-state index in [4.69, 9.17) is 14.3 Å². The monoisotopic (exact) mass is 422 g/mol. The maximum atomic E-state index is 11.2. The number of primary sulfonamides is 1. The van der Waals surface area contributed by atoms with E-state index in [9.17, 15) is 8.42 Å². The van der Waals surface area contributed by atoms with Crippen molar-refractivity contribution in [3.63, 3.8) is 0 Å². The summed E-state index contributed by atoms with van der Waals surface area (Å²) in [6.07, 6.45) is 0.772. The van der Waals surface area contributed by atoms with E-state index in [1.54, 1.807) is 19.2 Å². The third kappa shape index (κ3) is 5.84. The Morgan fingerprint density at radius 3 is 2.50 bits per heavy atom. The fraction of sp³-hybridized carbons (Fsp3) is 0.200. The summed E-state index contributed by atoms with van der Waals surface area (Å²) in [5.74, 6) is 2.43. The first kappa shape index (κ1) is 22.0. The van der Waals surface area contributed by atoms with Gasteiger partial charge in [0, 0.05) is 5.56 Å². The van der Waals surface area contributed by atoms with Gasteiger partial charge in [-0.1, -0.05) is 24.3 Å². The van der Waals surface area contributed by atoms with E-state index in [0.717, 1.165) is 41.4 Å². The van der Waals surface area contributed by atoms with Crippen molar-refractivity contribution in [2.45, 2.75) is 17.9 Å². The van der Waals surface area contributed by atoms with Crippen molar-refractivity contribution in [2.24, 2.45) is 5.14 Å². The highest BCUT2D eigenvalue weighted by Gasteiger charge is 2.07. The van der Waals surface area contributed by atoms with E-state index in [1.807, 2.05) is 36.4 Å². The highest BCUT2D eigenvalue weighted by molar-refractivity contribution is 7.89. The van der Waals surface area contributed by atoms with Crippen molar-refractivity contribution >= 4 is 22.4 Å². The van der Waals surface area contributed by atoms with Gasteiger partial charge in [0.1, 0.15) is 17.3 Å². The lowest BCUT2D eigenvalue weighted by Gasteiger charge is -2.05. The van der Waals surface area contributed by atoms with Crippen LogP contribution in [-0.4, -0.2) is 22.1 Å². The van der Waals surface area contributed by atoms with Crippen LogP contribution >= 0.6 is 12.4 Å². The number of hydrogen-bond donors (Lipinski definition) is 2. The van der Waals surface area contributed by atoms with Crippen LogP contribution in [-0.2, 0) is 23.0 Å². The number of sulfonamides is 1. The molecule has 0 unspecified atom stereocenters. The number of furan rings is 1. The van der Waals surface area contributed by atoms with E-state index in [2.05, 4.69) is 5.32 Å². The minimum Gasteiger partial charge on any atom is -0.497 e. The average molecular weight is 423 g/mol. The highest BCUT2D eigenvalue weighted by Crippen LogP contribution is 2.25. The summed E-state index contributed by atoms with van der Waals surface area (Å²) >= 11 is 0. The van der Waals surface area contributed by atoms with Gasteiger partial charge >= 0.3 is 0 Å². The summed E-state index contributed by atoms with van der Waals surface area (Å²) in [6, 6.07) is 18.2. The van der Waals surface area contributed by atoms with Gasteiger partial charge in [0.05, 0.1) is 18.6 Å². The van der Waals surface area contributed by atoms with Crippen LogP contribution in [0.4, 0.5) is 0 Å². The fourth-order valence-corrected chi connectivity index (χ4v) is 3.21. The number of nitrogens with two attached hydrogens (primary N) is 1. The van der Waals surface area contributed by atoms with Gasteiger partial charge in [-0.25, -0.2) is 13.6 Å². The molecule has 0 saturated carbocycles. The molecule has 1 aromatic heterocycles. The molecule has 3 aromatic rings. The van der Waals surface area contributed by atoms with Crippen molar-refractivity contribution in [3.05, 3.63) is 72.0 Å². The lowest BCUT2D eigenvalue weighted by Crippen LogP contribution is -2.16. The van der Waals surface area contributed by atoms with E-state index in [1.165, 1.54) is 12.1 Å². The SMILES string of the molecule is COc1cccc(-c2ccc(CNCCc3ccc(S(N)(=O)=O)cc3)o2)c1.Cl. The minimum absolute atomic E-state index is 0. The predicted molar refractivity (Wildman–Crippen MR) is 111 cm³/mol. The van der Waals surface area contributed by atoms with Gasteiger partial charge in [0.15, 0.2) is 0 Å². The van der Waals surface area contributed by atoms with Crippen molar-refractivity contribution in [2.75, 3.05) is 13.7 Å². The average Bonchev–Trinajstić information content (AvgIpc) is 3.14. The first-order valence-electron chi connectivity index (χ1n) is 8.51. The third-order valence-electron chi connectivity index (χ3n) is 4.16. The Morgan fingerprint density at radius 1 is 1.07 bits per heavy atom. The van der Waals surface area contributed by atoms with Crippen molar-refractivity contribution in [1.29, 1.82) is 0 Å². The fourth-order valence-electron chi connectivity index (χ4n) is 2.69. The van der Waals surface area contributed by atoms with Crippen molar-refractivity contribution < 1.29 is 17.6 Å². The molecule has 150 valence electrons. The van der Waals surface area contributed by atoms with Gasteiger partial charge < -0.3 is 14.5 Å². The molecule has 1 heterocycles. The molecule has 0 aliphatic rings. The maximum Gasteiger partial charge on any atom is 0.238 e. The number of rotatable bonds is 8. The molecule has 0 saturated heterocycles. The molecule has 0 amide bonds. The zero-order valence-corrected chi connectivity index (χ0v) is 17.1. The largest absolute Gasteiger partial charge is 0.497 e. The number of halogens is 1. The van der Waals surface area contributed by atoms with Crippen molar-refractivity contribution in [1.82, 2.24) is 5.32 Å². The summed E-state index contributed by atoms with van der Waals surface area (Å²) in [4.78, 5) is 0.125. The summed E-state index contributed by atoms with van der Waals surface area (Å²) in [6.45, 7) is 1.35. The van der Waals surface area contributed by atoms with E-state index in [0.29, 0.717) is 6.54 Å². The first-order chi connectivity index (χ1) is 13.0. The van der Waals surface area contributed by atoms with Gasteiger partial charge in [-0.15, -0.1) is 12.4 Å². The second-order valence-corrected chi connectivity index (χ2v) is 7.68. The van der Waals surface area contributed by atoms with E-state index in [-0.39, 0.29) is 17.3 Å². The van der Waals surface area contributed by atoms with Crippen LogP contribution in [0, 0.1) is 0 Å². The highest BCUT2D eigenvalue weighted by atomic mass is 35.5. The number of methoxy groups -OCH3 is 1. The lowest BCUT2D eigenvalue weighted by atomic mass is 10.1. The minimum atomic E-state index is -3.64. The molecule has 0 aliphatic carbocycles. The van der Waals surface area contributed by atoms with Gasteiger partial charge in [0.2, 0.25) is 10.0 Å². The Bertz CT molecular complexity index is 1000. The lowest BCUT2D eigenvalue weighted by molar-refractivity contribution is 0.414. The molecule has 0 atom stereocenters. The molecule has 6 nitrogen and oxygen atoms in total. The number of ether oxygens (including phenoxy) is 1. The van der Waals surface area contributed by atoms with Gasteiger partial charge in [-0.05, 0) is 54.9 Å². The summed E-state index contributed by atoms with van der Waals surface area (Å²) < 4.78 is 33.6. The second-order valence-electron chi connectivity index (χ2n) is 6.11. The molecule has 0 radical (unpaired) electrons. The molecule has 2 aromatic carbocycles. The van der Waals surface area contributed by atoms with Gasteiger partial charge in [0.25, 0.3) is 0 Å². The maximum absolute atomic E-state index is 11.2. The number of benzene rings is 2. The Balaban J connectivity index is 0.00000280. The molecule has 3 N–H and O–H groups in total. The third-order valence-corrected chi connectivity index (χ3v) is 5.09. The van der Waals surface area contributed by atoms with Crippen LogP contribution in [0.3, 0.4) is 0 Å². The smallest absolute Gasteiger partial charge is 0.238 e.